The quantitative estimate of drug-likeness (QED) is 0.223. The molecule has 0 saturated carbocycles. The first-order valence-corrected chi connectivity index (χ1v) is 13.9. The highest BCUT2D eigenvalue weighted by Crippen LogP contribution is 2.43. The van der Waals surface area contributed by atoms with Crippen LogP contribution in [0.15, 0.2) is 77.1 Å². The minimum Gasteiger partial charge on any atom is -0.466 e. The normalized spacial score (nSPS) is 15.1. The fraction of sp³-hybridized carbons (Fsp3) is 0.290. The topological polar surface area (TPSA) is 130 Å². The van der Waals surface area contributed by atoms with Gasteiger partial charge in [0, 0.05) is 24.0 Å². The summed E-state index contributed by atoms with van der Waals surface area (Å²) in [4.78, 5) is 36.7. The third-order valence-corrected chi connectivity index (χ3v) is 7.88. The number of nitrogens with zero attached hydrogens (tertiary/aromatic N) is 7. The first-order chi connectivity index (χ1) is 21.4. The number of carbonyl (C=O) groups excluding carboxylic acids is 1. The summed E-state index contributed by atoms with van der Waals surface area (Å²) in [5.74, 6) is -0.0131. The number of aromatic amines is 1. The zero-order valence-electron chi connectivity index (χ0n) is 25.0. The molecule has 14 heteroatoms. The average molecular weight is 620 g/mol. The Balaban J connectivity index is 1.63. The van der Waals surface area contributed by atoms with E-state index in [0.717, 1.165) is 18.0 Å². The third-order valence-electron chi connectivity index (χ3n) is 7.88. The van der Waals surface area contributed by atoms with Crippen molar-refractivity contribution >= 4 is 23.4 Å². The number of carbonyl (C=O) groups is 1. The van der Waals surface area contributed by atoms with Crippen molar-refractivity contribution in [1.29, 1.82) is 5.26 Å². The summed E-state index contributed by atoms with van der Waals surface area (Å²) >= 11 is 0. The molecular formula is C31H30F3N8O3+. The molecule has 11 nitrogen and oxygen atoms in total. The van der Waals surface area contributed by atoms with Crippen molar-refractivity contribution in [3.63, 3.8) is 0 Å². The summed E-state index contributed by atoms with van der Waals surface area (Å²) in [6, 6.07) is 10.6. The molecule has 0 unspecified atom stereocenters. The number of fused-ring (bicyclic) bond motifs is 1. The third kappa shape index (κ3) is 5.94. The number of aryl methyl sites for hydroxylation is 1. The summed E-state index contributed by atoms with van der Waals surface area (Å²) in [5, 5.41) is 16.2. The number of esters is 1. The SMILES string of the molecule is COC(=O)C1=C(C)N(c2cccc(C(F)(F)F)c2)c2n[nH]c(=O)n2[C@@H]1c1ccc(C#N)cc1CCC[N+](C)(C)c1cnccn1. The fourth-order valence-corrected chi connectivity index (χ4v) is 5.62. The van der Waals surface area contributed by atoms with Crippen LogP contribution in [-0.2, 0) is 22.1 Å². The number of alkyl halides is 3. The van der Waals surface area contributed by atoms with Gasteiger partial charge in [-0.3, -0.25) is 14.4 Å². The summed E-state index contributed by atoms with van der Waals surface area (Å²) in [6.45, 7) is 2.21. The molecule has 4 aromatic rings. The number of anilines is 2. The van der Waals surface area contributed by atoms with Crippen LogP contribution in [0.5, 0.6) is 0 Å². The van der Waals surface area contributed by atoms with Gasteiger partial charge in [0.05, 0.1) is 56.7 Å². The van der Waals surface area contributed by atoms with Gasteiger partial charge in [-0.15, -0.1) is 5.10 Å². The van der Waals surface area contributed by atoms with Crippen molar-refractivity contribution in [3.05, 3.63) is 105 Å². The molecule has 0 radical (unpaired) electrons. The maximum Gasteiger partial charge on any atom is 0.416 e. The van der Waals surface area contributed by atoms with Crippen molar-refractivity contribution in [3.8, 4) is 6.07 Å². The molecule has 5 rings (SSSR count). The van der Waals surface area contributed by atoms with Crippen LogP contribution >= 0.6 is 0 Å². The first kappa shape index (κ1) is 31.1. The van der Waals surface area contributed by atoms with E-state index < -0.39 is 29.4 Å². The van der Waals surface area contributed by atoms with E-state index in [4.69, 9.17) is 4.74 Å². The second-order valence-electron chi connectivity index (χ2n) is 11.1. The summed E-state index contributed by atoms with van der Waals surface area (Å²) in [5.41, 5.74) is 0.365. The number of rotatable bonds is 8. The van der Waals surface area contributed by atoms with Crippen LogP contribution in [0, 0.1) is 11.3 Å². The molecule has 232 valence electrons. The number of nitriles is 1. The minimum absolute atomic E-state index is 0.00904. The number of hydrogen-bond acceptors (Lipinski definition) is 8. The fourth-order valence-electron chi connectivity index (χ4n) is 5.62. The highest BCUT2D eigenvalue weighted by Gasteiger charge is 2.41. The van der Waals surface area contributed by atoms with Gasteiger partial charge in [0.2, 0.25) is 11.8 Å². The molecule has 2 aromatic carbocycles. The van der Waals surface area contributed by atoms with Crippen LogP contribution in [0.4, 0.5) is 30.6 Å². The second-order valence-corrected chi connectivity index (χ2v) is 11.1. The number of H-pyrrole nitrogens is 1. The molecule has 0 saturated heterocycles. The average Bonchev–Trinajstić information content (AvgIpc) is 3.40. The molecule has 0 bridgehead atoms. The van der Waals surface area contributed by atoms with Crippen molar-refractivity contribution < 1.29 is 22.7 Å². The lowest BCUT2D eigenvalue weighted by Crippen LogP contribution is -2.42. The predicted octanol–water partition coefficient (Wildman–Crippen LogP) is 4.64. The second kappa shape index (κ2) is 12.0. The van der Waals surface area contributed by atoms with E-state index in [1.165, 1.54) is 28.7 Å². The molecule has 3 heterocycles. The Kier molecular flexibility index (Phi) is 8.31. The lowest BCUT2D eigenvalue weighted by molar-refractivity contribution is -0.138. The standard InChI is InChI=1S/C31H29F3N8O3/c1-19-26(28(43)45-4)27(41-29(38-39-30(41)44)40(19)23-9-5-8-22(16-23)31(32,33)34)24-11-10-20(17-35)15-21(24)7-6-14-42(2,3)25-18-36-12-13-37-25/h5,8-13,15-16,18,27H,6-7,14H2,1-4H3/p+1/t27-/m1/s1. The van der Waals surface area contributed by atoms with Crippen LogP contribution in [0.2, 0.25) is 0 Å². The Bertz CT molecular complexity index is 1870. The smallest absolute Gasteiger partial charge is 0.416 e. The number of hydrogen-bond donors (Lipinski definition) is 1. The zero-order valence-corrected chi connectivity index (χ0v) is 25.0. The van der Waals surface area contributed by atoms with Crippen LogP contribution in [0.25, 0.3) is 0 Å². The molecule has 1 aliphatic heterocycles. The van der Waals surface area contributed by atoms with Gasteiger partial charge in [-0.25, -0.2) is 24.2 Å². The molecule has 1 atom stereocenters. The van der Waals surface area contributed by atoms with E-state index in [9.17, 15) is 28.0 Å². The lowest BCUT2D eigenvalue weighted by Gasteiger charge is -2.36. The van der Waals surface area contributed by atoms with Crippen LogP contribution in [-0.4, -0.2) is 58.5 Å². The minimum atomic E-state index is -4.62. The monoisotopic (exact) mass is 619 g/mol. The summed E-state index contributed by atoms with van der Waals surface area (Å²) in [6.07, 6.45) is 1.40. The van der Waals surface area contributed by atoms with Gasteiger partial charge in [-0.2, -0.15) is 18.4 Å². The van der Waals surface area contributed by atoms with E-state index >= 15 is 0 Å². The van der Waals surface area contributed by atoms with E-state index in [-0.39, 0.29) is 22.9 Å². The Morgan fingerprint density at radius 1 is 1.18 bits per heavy atom. The molecule has 0 aliphatic carbocycles. The number of methoxy groups -OCH3 is 1. The molecule has 1 aliphatic rings. The Hall–Kier alpha value is -5.29. The van der Waals surface area contributed by atoms with Gasteiger partial charge in [0.1, 0.15) is 12.2 Å². The maximum absolute atomic E-state index is 13.6. The van der Waals surface area contributed by atoms with E-state index in [2.05, 4.69) is 26.2 Å². The maximum atomic E-state index is 13.6. The van der Waals surface area contributed by atoms with Crippen LogP contribution in [0.3, 0.4) is 0 Å². The molecule has 0 fully saturated rings. The number of quaternary nitrogens is 1. The first-order valence-electron chi connectivity index (χ1n) is 13.9. The van der Waals surface area contributed by atoms with E-state index in [1.54, 1.807) is 43.7 Å². The van der Waals surface area contributed by atoms with Gasteiger partial charge in [0.25, 0.3) is 0 Å². The number of halogens is 3. The van der Waals surface area contributed by atoms with Crippen LogP contribution < -0.4 is 15.1 Å². The molecule has 45 heavy (non-hydrogen) atoms. The highest BCUT2D eigenvalue weighted by atomic mass is 19.4. The Morgan fingerprint density at radius 2 is 1.96 bits per heavy atom. The molecular weight excluding hydrogens is 589 g/mol. The van der Waals surface area contributed by atoms with Crippen molar-refractivity contribution in [1.82, 2.24) is 29.2 Å². The molecule has 0 spiro atoms. The zero-order chi connectivity index (χ0) is 32.5. The lowest BCUT2D eigenvalue weighted by atomic mass is 9.88. The molecule has 1 N–H and O–H groups in total. The number of ether oxygens (including phenoxy) is 1. The highest BCUT2D eigenvalue weighted by molar-refractivity contribution is 5.93. The van der Waals surface area contributed by atoms with Crippen molar-refractivity contribution in [2.45, 2.75) is 32.0 Å². The van der Waals surface area contributed by atoms with Crippen molar-refractivity contribution in [2.24, 2.45) is 0 Å². The summed E-state index contributed by atoms with van der Waals surface area (Å²) in [7, 11) is 5.19. The number of nitrogens with one attached hydrogen (secondary N) is 1. The molecule has 0 amide bonds. The van der Waals surface area contributed by atoms with E-state index in [0.29, 0.717) is 40.6 Å². The van der Waals surface area contributed by atoms with Crippen LogP contribution in [0.1, 0.15) is 41.6 Å². The van der Waals surface area contributed by atoms with Gasteiger partial charge >= 0.3 is 17.8 Å². The predicted molar refractivity (Wildman–Crippen MR) is 159 cm³/mol. The van der Waals surface area contributed by atoms with Gasteiger partial charge in [0.15, 0.2) is 0 Å². The van der Waals surface area contributed by atoms with Gasteiger partial charge in [-0.05, 0) is 54.8 Å². The summed E-state index contributed by atoms with van der Waals surface area (Å²) < 4.78 is 47.7. The largest absolute Gasteiger partial charge is 0.466 e. The number of benzene rings is 2. The Morgan fingerprint density at radius 3 is 2.62 bits per heavy atom. The van der Waals surface area contributed by atoms with Gasteiger partial charge in [-0.1, -0.05) is 12.1 Å². The molecule has 2 aromatic heterocycles. The van der Waals surface area contributed by atoms with Crippen molar-refractivity contribution in [2.75, 3.05) is 32.6 Å². The number of aromatic nitrogens is 5. The Labute approximate surface area is 256 Å². The number of allylic oxidation sites excluding steroid dienone is 1. The van der Waals surface area contributed by atoms with Gasteiger partial charge < -0.3 is 4.74 Å². The van der Waals surface area contributed by atoms with E-state index in [1.807, 2.05) is 14.1 Å².